The van der Waals surface area contributed by atoms with Crippen molar-refractivity contribution < 1.29 is 4.79 Å². The van der Waals surface area contributed by atoms with Crippen LogP contribution in [0.15, 0.2) is 29.4 Å². The summed E-state index contributed by atoms with van der Waals surface area (Å²) >= 11 is 2.69. The first kappa shape index (κ1) is 17.4. The molecule has 3 rings (SSSR count). The van der Waals surface area contributed by atoms with Crippen molar-refractivity contribution in [3.63, 3.8) is 0 Å². The van der Waals surface area contributed by atoms with Crippen LogP contribution in [0.3, 0.4) is 0 Å². The van der Waals surface area contributed by atoms with Crippen molar-refractivity contribution >= 4 is 56.0 Å². The van der Waals surface area contributed by atoms with Gasteiger partial charge in [-0.2, -0.15) is 0 Å². The molecule has 0 spiro atoms. The van der Waals surface area contributed by atoms with Crippen LogP contribution < -0.4 is 16.8 Å². The fraction of sp³-hybridized carbons (Fsp3) is 0.250. The monoisotopic (exact) mass is 374 g/mol. The number of hydrogen-bond acceptors (Lipinski definition) is 8. The Balaban J connectivity index is 1.74. The Morgan fingerprint density at radius 3 is 2.64 bits per heavy atom. The van der Waals surface area contributed by atoms with Crippen LogP contribution in [0.25, 0.3) is 10.2 Å². The summed E-state index contributed by atoms with van der Waals surface area (Å²) in [6.07, 6.45) is 0.610. The van der Waals surface area contributed by atoms with Crippen LogP contribution in [0.1, 0.15) is 18.9 Å². The minimum Gasteiger partial charge on any atom is -0.383 e. The van der Waals surface area contributed by atoms with E-state index in [0.717, 1.165) is 15.8 Å². The molecule has 0 aliphatic rings. The van der Waals surface area contributed by atoms with Crippen molar-refractivity contribution in [2.45, 2.75) is 30.7 Å². The molecule has 25 heavy (non-hydrogen) atoms. The third-order valence-electron chi connectivity index (χ3n) is 3.43. The summed E-state index contributed by atoms with van der Waals surface area (Å²) in [5.74, 6) is 0.423. The van der Waals surface area contributed by atoms with Crippen molar-refractivity contribution in [2.75, 3.05) is 16.8 Å². The van der Waals surface area contributed by atoms with Gasteiger partial charge in [-0.25, -0.2) is 15.0 Å². The van der Waals surface area contributed by atoms with E-state index < -0.39 is 0 Å². The van der Waals surface area contributed by atoms with E-state index in [2.05, 4.69) is 26.3 Å². The number of anilines is 3. The van der Waals surface area contributed by atoms with E-state index in [-0.39, 0.29) is 22.8 Å². The molecule has 1 unspecified atom stereocenters. The van der Waals surface area contributed by atoms with Gasteiger partial charge in [0.15, 0.2) is 10.3 Å². The van der Waals surface area contributed by atoms with Crippen molar-refractivity contribution in [1.29, 1.82) is 0 Å². The van der Waals surface area contributed by atoms with Gasteiger partial charge in [0, 0.05) is 6.07 Å². The van der Waals surface area contributed by atoms with E-state index in [0.29, 0.717) is 16.7 Å². The van der Waals surface area contributed by atoms with Crippen molar-refractivity contribution in [2.24, 2.45) is 0 Å². The van der Waals surface area contributed by atoms with Gasteiger partial charge in [-0.1, -0.05) is 36.1 Å². The summed E-state index contributed by atoms with van der Waals surface area (Å²) < 4.78 is 1.04. The van der Waals surface area contributed by atoms with Crippen LogP contribution >= 0.6 is 23.1 Å². The first-order valence-electron chi connectivity index (χ1n) is 7.69. The zero-order chi connectivity index (χ0) is 18.0. The van der Waals surface area contributed by atoms with E-state index in [4.69, 9.17) is 11.5 Å². The molecule has 0 fully saturated rings. The number of hydrogen-bond donors (Lipinski definition) is 3. The van der Waals surface area contributed by atoms with Gasteiger partial charge in [-0.15, -0.1) is 0 Å². The Morgan fingerprint density at radius 2 is 1.96 bits per heavy atom. The van der Waals surface area contributed by atoms with Gasteiger partial charge in [-0.05, 0) is 31.0 Å². The van der Waals surface area contributed by atoms with Crippen LogP contribution in [-0.2, 0) is 4.79 Å². The largest absolute Gasteiger partial charge is 0.383 e. The minimum atomic E-state index is -0.366. The number of amides is 1. The quantitative estimate of drug-likeness (QED) is 0.463. The van der Waals surface area contributed by atoms with E-state index >= 15 is 0 Å². The SMILES string of the molecule is CCC(Sc1nc(N)cc(N)n1)C(=O)Nc1nc2ccc(C)cc2s1. The Kier molecular flexibility index (Phi) is 5.05. The van der Waals surface area contributed by atoms with Crippen molar-refractivity contribution in [3.8, 4) is 0 Å². The molecular formula is C16H18N6OS2. The maximum absolute atomic E-state index is 12.6. The molecule has 9 heteroatoms. The smallest absolute Gasteiger partial charge is 0.239 e. The number of fused-ring (bicyclic) bond motifs is 1. The van der Waals surface area contributed by atoms with Crippen LogP contribution in [-0.4, -0.2) is 26.1 Å². The van der Waals surface area contributed by atoms with Gasteiger partial charge >= 0.3 is 0 Å². The molecule has 3 aromatic rings. The number of carbonyl (C=O) groups is 1. The lowest BCUT2D eigenvalue weighted by molar-refractivity contribution is -0.115. The lowest BCUT2D eigenvalue weighted by atomic mass is 10.2. The third-order valence-corrected chi connectivity index (χ3v) is 5.59. The van der Waals surface area contributed by atoms with E-state index in [1.807, 2.05) is 26.0 Å². The molecule has 7 nitrogen and oxygen atoms in total. The zero-order valence-corrected chi connectivity index (χ0v) is 15.4. The Hall–Kier alpha value is -2.39. The highest BCUT2D eigenvalue weighted by atomic mass is 32.2. The molecule has 130 valence electrons. The number of nitrogens with two attached hydrogens (primary N) is 2. The van der Waals surface area contributed by atoms with Gasteiger partial charge in [0.25, 0.3) is 0 Å². The second-order valence-corrected chi connectivity index (χ2v) is 7.69. The average molecular weight is 374 g/mol. The van der Waals surface area contributed by atoms with Crippen LogP contribution in [0, 0.1) is 6.92 Å². The van der Waals surface area contributed by atoms with Gasteiger partial charge in [-0.3, -0.25) is 4.79 Å². The maximum Gasteiger partial charge on any atom is 0.239 e. The number of aryl methyl sites for hydroxylation is 1. The number of benzene rings is 1. The number of rotatable bonds is 5. The summed E-state index contributed by atoms with van der Waals surface area (Å²) in [6.45, 7) is 3.95. The van der Waals surface area contributed by atoms with Gasteiger partial charge < -0.3 is 16.8 Å². The number of nitrogen functional groups attached to an aromatic ring is 2. The highest BCUT2D eigenvalue weighted by Crippen LogP contribution is 2.29. The second kappa shape index (κ2) is 7.24. The number of nitrogens with one attached hydrogen (secondary N) is 1. The lowest BCUT2D eigenvalue weighted by Crippen LogP contribution is -2.24. The maximum atomic E-state index is 12.6. The fourth-order valence-corrected chi connectivity index (χ4v) is 4.11. The molecule has 5 N–H and O–H groups in total. The second-order valence-electron chi connectivity index (χ2n) is 5.49. The van der Waals surface area contributed by atoms with Crippen LogP contribution in [0.4, 0.5) is 16.8 Å². The van der Waals surface area contributed by atoms with Gasteiger partial charge in [0.2, 0.25) is 5.91 Å². The summed E-state index contributed by atoms with van der Waals surface area (Å²) in [7, 11) is 0. The molecule has 1 aromatic carbocycles. The van der Waals surface area contributed by atoms with Gasteiger partial charge in [0.1, 0.15) is 11.6 Å². The first-order chi connectivity index (χ1) is 11.9. The molecule has 0 saturated heterocycles. The topological polar surface area (TPSA) is 120 Å². The minimum absolute atomic E-state index is 0.145. The molecular weight excluding hydrogens is 356 g/mol. The van der Waals surface area contributed by atoms with E-state index in [9.17, 15) is 4.79 Å². The Morgan fingerprint density at radius 1 is 1.24 bits per heavy atom. The normalized spacial score (nSPS) is 12.2. The van der Waals surface area contributed by atoms with Gasteiger partial charge in [0.05, 0.1) is 15.5 Å². The standard InChI is InChI=1S/C16H18N6OS2/c1-3-10(24-16-20-12(17)7-13(18)21-16)14(23)22-15-19-9-5-4-8(2)6-11(9)25-15/h4-7,10H,3H2,1-2H3,(H,19,22,23)(H4,17,18,20,21). The van der Waals surface area contributed by atoms with Crippen molar-refractivity contribution in [1.82, 2.24) is 15.0 Å². The van der Waals surface area contributed by atoms with Crippen LogP contribution in [0.2, 0.25) is 0 Å². The van der Waals surface area contributed by atoms with Crippen molar-refractivity contribution in [3.05, 3.63) is 29.8 Å². The number of nitrogens with zero attached hydrogens (tertiary/aromatic N) is 3. The molecule has 0 aliphatic heterocycles. The molecule has 1 atom stereocenters. The third kappa shape index (κ3) is 4.18. The Labute approximate surface area is 153 Å². The van der Waals surface area contributed by atoms with Crippen LogP contribution in [0.5, 0.6) is 0 Å². The van der Waals surface area contributed by atoms with E-state index in [1.54, 1.807) is 0 Å². The predicted molar refractivity (Wildman–Crippen MR) is 104 cm³/mol. The Bertz CT molecular complexity index is 906. The molecule has 0 aliphatic carbocycles. The predicted octanol–water partition coefficient (Wildman–Crippen LogP) is 3.07. The molecule has 2 aromatic heterocycles. The number of carbonyl (C=O) groups excluding carboxylic acids is 1. The highest BCUT2D eigenvalue weighted by Gasteiger charge is 2.21. The first-order valence-corrected chi connectivity index (χ1v) is 9.39. The molecule has 2 heterocycles. The zero-order valence-electron chi connectivity index (χ0n) is 13.8. The number of aromatic nitrogens is 3. The fourth-order valence-electron chi connectivity index (χ4n) is 2.24. The molecule has 0 radical (unpaired) electrons. The summed E-state index contributed by atoms with van der Waals surface area (Å²) in [5.41, 5.74) is 13.4. The lowest BCUT2D eigenvalue weighted by Gasteiger charge is -2.12. The summed E-state index contributed by atoms with van der Waals surface area (Å²) in [4.78, 5) is 25.3. The highest BCUT2D eigenvalue weighted by molar-refractivity contribution is 8.00. The summed E-state index contributed by atoms with van der Waals surface area (Å²) in [5, 5.41) is 3.48. The molecule has 0 bridgehead atoms. The molecule has 0 saturated carbocycles. The average Bonchev–Trinajstić information content (AvgIpc) is 2.92. The summed E-state index contributed by atoms with van der Waals surface area (Å²) in [6, 6.07) is 7.48. The number of thioether (sulfide) groups is 1. The number of thiazole rings is 1. The van der Waals surface area contributed by atoms with E-state index in [1.165, 1.54) is 29.2 Å². The molecule has 1 amide bonds.